The number of fused-ring (bicyclic) bond motifs is 1. The minimum Gasteiger partial charge on any atom is -0.338 e. The number of nitrogens with zero attached hydrogens (tertiary/aromatic N) is 4. The van der Waals surface area contributed by atoms with Crippen LogP contribution in [0.3, 0.4) is 0 Å². The zero-order valence-electron chi connectivity index (χ0n) is 13.3. The van der Waals surface area contributed by atoms with E-state index in [-0.39, 0.29) is 5.92 Å². The maximum absolute atomic E-state index is 13.0. The summed E-state index contributed by atoms with van der Waals surface area (Å²) in [5, 5.41) is 11.1. The number of aromatic amines is 1. The Morgan fingerprint density at radius 1 is 1.09 bits per heavy atom. The summed E-state index contributed by atoms with van der Waals surface area (Å²) in [5.41, 5.74) is 2.05. The molecule has 0 aromatic carbocycles. The predicted molar refractivity (Wildman–Crippen MR) is 82.3 cm³/mol. The largest absolute Gasteiger partial charge is 0.338 e. The first kappa shape index (κ1) is 14.2. The number of aromatic nitrogens is 3. The minimum absolute atomic E-state index is 0.101. The van der Waals surface area contributed by atoms with E-state index in [2.05, 4.69) is 32.3 Å². The summed E-state index contributed by atoms with van der Waals surface area (Å²) >= 11 is 0. The van der Waals surface area contributed by atoms with Crippen molar-refractivity contribution in [3.63, 3.8) is 0 Å². The van der Waals surface area contributed by atoms with Crippen molar-refractivity contribution in [2.75, 3.05) is 20.1 Å². The second kappa shape index (κ2) is 5.65. The molecule has 4 rings (SSSR count). The van der Waals surface area contributed by atoms with Gasteiger partial charge in [-0.3, -0.25) is 4.79 Å². The Hall–Kier alpha value is -1.43. The van der Waals surface area contributed by atoms with Crippen molar-refractivity contribution in [1.29, 1.82) is 0 Å². The van der Waals surface area contributed by atoms with Gasteiger partial charge in [-0.2, -0.15) is 15.4 Å². The van der Waals surface area contributed by atoms with Crippen LogP contribution in [0.1, 0.15) is 43.5 Å². The molecule has 1 amide bonds. The van der Waals surface area contributed by atoms with Gasteiger partial charge in [0, 0.05) is 37.5 Å². The summed E-state index contributed by atoms with van der Waals surface area (Å²) in [7, 11) is 2.19. The molecule has 0 spiro atoms. The highest BCUT2D eigenvalue weighted by atomic mass is 16.2. The van der Waals surface area contributed by atoms with Crippen LogP contribution in [0.15, 0.2) is 0 Å². The lowest BCUT2D eigenvalue weighted by atomic mass is 9.88. The van der Waals surface area contributed by atoms with Crippen LogP contribution in [0.5, 0.6) is 0 Å². The number of rotatable bonds is 6. The van der Waals surface area contributed by atoms with Crippen molar-refractivity contribution in [3.8, 4) is 0 Å². The second-order valence-corrected chi connectivity index (χ2v) is 7.13. The molecule has 2 saturated carbocycles. The van der Waals surface area contributed by atoms with Gasteiger partial charge in [-0.15, -0.1) is 0 Å². The third-order valence-electron chi connectivity index (χ3n) is 5.36. The number of nitrogens with one attached hydrogen (secondary N) is 1. The summed E-state index contributed by atoms with van der Waals surface area (Å²) in [4.78, 5) is 17.5. The first-order valence-corrected chi connectivity index (χ1v) is 8.61. The third kappa shape index (κ3) is 2.89. The van der Waals surface area contributed by atoms with E-state index in [1.807, 2.05) is 0 Å². The first-order chi connectivity index (χ1) is 10.7. The van der Waals surface area contributed by atoms with Gasteiger partial charge in [0.05, 0.1) is 11.4 Å². The molecule has 1 atom stereocenters. The van der Waals surface area contributed by atoms with Gasteiger partial charge in [-0.25, -0.2) is 0 Å². The molecule has 6 heteroatoms. The minimum atomic E-state index is 0.101. The normalized spacial score (nSPS) is 24.4. The van der Waals surface area contributed by atoms with E-state index >= 15 is 0 Å². The predicted octanol–water partition coefficient (Wildman–Crippen LogP) is 0.995. The molecule has 3 aliphatic carbocycles. The maximum atomic E-state index is 13.0. The Morgan fingerprint density at radius 3 is 2.55 bits per heavy atom. The number of likely N-dealkylation sites (N-methyl/N-ethyl adjacent to an activating group) is 1. The molecule has 0 aliphatic heterocycles. The molecule has 0 unspecified atom stereocenters. The van der Waals surface area contributed by atoms with E-state index < -0.39 is 0 Å². The van der Waals surface area contributed by atoms with Crippen LogP contribution in [-0.2, 0) is 17.6 Å². The van der Waals surface area contributed by atoms with Gasteiger partial charge in [0.2, 0.25) is 5.91 Å². The van der Waals surface area contributed by atoms with Gasteiger partial charge >= 0.3 is 0 Å². The zero-order chi connectivity index (χ0) is 15.1. The van der Waals surface area contributed by atoms with Gasteiger partial charge in [-0.1, -0.05) is 0 Å². The van der Waals surface area contributed by atoms with Crippen molar-refractivity contribution >= 4 is 5.91 Å². The molecule has 1 N–H and O–H groups in total. The molecule has 1 aromatic rings. The van der Waals surface area contributed by atoms with E-state index in [4.69, 9.17) is 0 Å². The molecule has 2 fully saturated rings. The van der Waals surface area contributed by atoms with Gasteiger partial charge in [0.1, 0.15) is 0 Å². The van der Waals surface area contributed by atoms with Crippen LogP contribution in [0, 0.1) is 5.92 Å². The number of H-pyrrole nitrogens is 1. The van der Waals surface area contributed by atoms with E-state index in [0.717, 1.165) is 49.8 Å². The Kier molecular flexibility index (Phi) is 3.64. The van der Waals surface area contributed by atoms with Crippen molar-refractivity contribution in [1.82, 2.24) is 25.2 Å². The summed E-state index contributed by atoms with van der Waals surface area (Å²) in [6.45, 7) is 1.90. The Labute approximate surface area is 131 Å². The number of amides is 1. The summed E-state index contributed by atoms with van der Waals surface area (Å²) in [6.07, 6.45) is 7.56. The van der Waals surface area contributed by atoms with Crippen molar-refractivity contribution in [2.24, 2.45) is 5.92 Å². The lowest BCUT2D eigenvalue weighted by molar-refractivity contribution is -0.136. The standard InChI is InChI=1S/C16H25N5O/c1-20(12-3-4-12)8-9-21(13-5-6-13)16(22)11-2-7-14-15(10-11)18-19-17-14/h11-13H,2-10H2,1H3,(H,17,18,19)/t11-/m0/s1. The molecule has 120 valence electrons. The highest BCUT2D eigenvalue weighted by molar-refractivity contribution is 5.80. The molecule has 1 aromatic heterocycles. The van der Waals surface area contributed by atoms with Crippen LogP contribution in [0.4, 0.5) is 0 Å². The molecule has 22 heavy (non-hydrogen) atoms. The van der Waals surface area contributed by atoms with E-state index in [9.17, 15) is 4.79 Å². The molecular weight excluding hydrogens is 278 g/mol. The molecule has 0 radical (unpaired) electrons. The van der Waals surface area contributed by atoms with Crippen LogP contribution in [0.25, 0.3) is 0 Å². The van der Waals surface area contributed by atoms with E-state index in [1.54, 1.807) is 0 Å². The van der Waals surface area contributed by atoms with Crippen molar-refractivity contribution < 1.29 is 4.79 Å². The van der Waals surface area contributed by atoms with Crippen LogP contribution in [-0.4, -0.2) is 63.3 Å². The van der Waals surface area contributed by atoms with Crippen molar-refractivity contribution in [2.45, 2.75) is 57.0 Å². The lowest BCUT2D eigenvalue weighted by Crippen LogP contribution is -2.43. The second-order valence-electron chi connectivity index (χ2n) is 7.13. The molecular formula is C16H25N5O. The van der Waals surface area contributed by atoms with Gasteiger partial charge in [-0.05, 0) is 45.6 Å². The molecule has 3 aliphatic rings. The maximum Gasteiger partial charge on any atom is 0.226 e. The zero-order valence-corrected chi connectivity index (χ0v) is 13.3. The monoisotopic (exact) mass is 303 g/mol. The number of hydrogen-bond donors (Lipinski definition) is 1. The van der Waals surface area contributed by atoms with Gasteiger partial charge < -0.3 is 9.80 Å². The Bertz CT molecular complexity index is 548. The summed E-state index contributed by atoms with van der Waals surface area (Å²) in [5.74, 6) is 0.449. The Balaban J connectivity index is 1.38. The fraction of sp³-hybridized carbons (Fsp3) is 0.812. The van der Waals surface area contributed by atoms with E-state index in [0.29, 0.717) is 11.9 Å². The van der Waals surface area contributed by atoms with Crippen LogP contribution < -0.4 is 0 Å². The fourth-order valence-electron chi connectivity index (χ4n) is 3.55. The quantitative estimate of drug-likeness (QED) is 0.851. The summed E-state index contributed by atoms with van der Waals surface area (Å²) in [6, 6.07) is 1.27. The molecule has 0 bridgehead atoms. The number of hydrogen-bond acceptors (Lipinski definition) is 4. The lowest BCUT2D eigenvalue weighted by Gasteiger charge is -2.30. The van der Waals surface area contributed by atoms with E-state index in [1.165, 1.54) is 25.7 Å². The van der Waals surface area contributed by atoms with Crippen LogP contribution in [0.2, 0.25) is 0 Å². The van der Waals surface area contributed by atoms with Crippen LogP contribution >= 0.6 is 0 Å². The van der Waals surface area contributed by atoms with Crippen molar-refractivity contribution in [3.05, 3.63) is 11.4 Å². The summed E-state index contributed by atoms with van der Waals surface area (Å²) < 4.78 is 0. The molecule has 1 heterocycles. The smallest absolute Gasteiger partial charge is 0.226 e. The number of carbonyl (C=O) groups excluding carboxylic acids is 1. The molecule has 0 saturated heterocycles. The number of aryl methyl sites for hydroxylation is 1. The average Bonchev–Trinajstić information content (AvgIpc) is 3.44. The first-order valence-electron chi connectivity index (χ1n) is 8.61. The fourth-order valence-corrected chi connectivity index (χ4v) is 3.55. The van der Waals surface area contributed by atoms with Gasteiger partial charge in [0.25, 0.3) is 0 Å². The Morgan fingerprint density at radius 2 is 1.82 bits per heavy atom. The topological polar surface area (TPSA) is 65.1 Å². The highest BCUT2D eigenvalue weighted by Gasteiger charge is 2.38. The SMILES string of the molecule is CN(CCN(C(=O)[C@H]1CCc2n[nH]nc2C1)C1CC1)C1CC1. The molecule has 6 nitrogen and oxygen atoms in total. The number of carbonyl (C=O) groups is 1. The average molecular weight is 303 g/mol. The highest BCUT2D eigenvalue weighted by Crippen LogP contribution is 2.32. The van der Waals surface area contributed by atoms with Gasteiger partial charge in [0.15, 0.2) is 0 Å². The third-order valence-corrected chi connectivity index (χ3v) is 5.36.